The molecule has 7 atom stereocenters. The first-order valence-electron chi connectivity index (χ1n) is 9.55. The van der Waals surface area contributed by atoms with Crippen molar-refractivity contribution in [2.75, 3.05) is 11.9 Å². The van der Waals surface area contributed by atoms with E-state index in [9.17, 15) is 24.7 Å². The molecular weight excluding hydrogens is 439 g/mol. The highest BCUT2D eigenvalue weighted by Gasteiger charge is 2.58. The zero-order valence-corrected chi connectivity index (χ0v) is 16.8. The van der Waals surface area contributed by atoms with Gasteiger partial charge in [-0.05, 0) is 19.3 Å². The minimum absolute atomic E-state index is 0.0425. The Morgan fingerprint density at radius 3 is 2.87 bits per heavy atom. The molecule has 2 aromatic heterocycles. The number of nitrogens with zero attached hydrogens (tertiary/aromatic N) is 5. The lowest BCUT2D eigenvalue weighted by atomic mass is 10.1. The Morgan fingerprint density at radius 2 is 2.13 bits per heavy atom. The van der Waals surface area contributed by atoms with Crippen LogP contribution in [0.2, 0.25) is 0 Å². The zero-order chi connectivity index (χ0) is 21.8. The average molecular weight is 458 g/mol. The van der Waals surface area contributed by atoms with Crippen LogP contribution in [0.3, 0.4) is 0 Å². The SMILES string of the molecule is O=[N+]([O-])OC[C@H]1O[C@@H](n2cnc3c(N[C@@H]4CC[C@H](O)C4)ncnc32)[C@@H]2OP(=O)(O)O[C@@H]21. The molecule has 1 aliphatic carbocycles. The summed E-state index contributed by atoms with van der Waals surface area (Å²) in [7, 11) is -4.35. The van der Waals surface area contributed by atoms with Gasteiger partial charge < -0.3 is 24.9 Å². The van der Waals surface area contributed by atoms with Crippen molar-refractivity contribution in [3.8, 4) is 0 Å². The van der Waals surface area contributed by atoms with E-state index in [1.54, 1.807) is 0 Å². The number of phosphoric ester groups is 1. The molecule has 0 radical (unpaired) electrons. The summed E-state index contributed by atoms with van der Waals surface area (Å²) < 4.78 is 29.5. The molecule has 0 amide bonds. The van der Waals surface area contributed by atoms with E-state index < -0.39 is 44.1 Å². The highest BCUT2D eigenvalue weighted by molar-refractivity contribution is 7.47. The first-order valence-corrected chi connectivity index (χ1v) is 11.0. The number of hydrogen-bond acceptors (Lipinski definition) is 12. The second kappa shape index (κ2) is 7.62. The summed E-state index contributed by atoms with van der Waals surface area (Å²) in [5.41, 5.74) is 0.791. The second-order valence-electron chi connectivity index (χ2n) is 7.55. The Kier molecular flexibility index (Phi) is 5.03. The third-order valence-corrected chi connectivity index (χ3v) is 6.54. The topological polar surface area (TPSA) is 193 Å². The van der Waals surface area contributed by atoms with Gasteiger partial charge in [-0.3, -0.25) is 13.6 Å². The Bertz CT molecular complexity index is 1050. The molecule has 15 nitrogen and oxygen atoms in total. The molecule has 168 valence electrons. The quantitative estimate of drug-likeness (QED) is 0.301. The van der Waals surface area contributed by atoms with Crippen molar-refractivity contribution in [3.63, 3.8) is 0 Å². The molecule has 0 bridgehead atoms. The van der Waals surface area contributed by atoms with Crippen LogP contribution in [-0.2, 0) is 23.2 Å². The summed E-state index contributed by atoms with van der Waals surface area (Å²) in [6, 6.07) is 0.0425. The van der Waals surface area contributed by atoms with Crippen LogP contribution >= 0.6 is 7.82 Å². The van der Waals surface area contributed by atoms with E-state index >= 15 is 0 Å². The van der Waals surface area contributed by atoms with Gasteiger partial charge >= 0.3 is 7.82 Å². The number of anilines is 1. The molecule has 0 spiro atoms. The van der Waals surface area contributed by atoms with Gasteiger partial charge in [0.25, 0.3) is 5.09 Å². The Morgan fingerprint density at radius 1 is 1.32 bits per heavy atom. The molecule has 1 saturated carbocycles. The fraction of sp³-hybridized carbons (Fsp3) is 0.667. The van der Waals surface area contributed by atoms with Gasteiger partial charge in [-0.25, -0.2) is 19.5 Å². The molecule has 3 N–H and O–H groups in total. The number of aliphatic hydroxyl groups excluding tert-OH is 1. The van der Waals surface area contributed by atoms with Gasteiger partial charge in [0.15, 0.2) is 23.2 Å². The third kappa shape index (κ3) is 3.84. The van der Waals surface area contributed by atoms with Crippen molar-refractivity contribution in [2.24, 2.45) is 0 Å². The van der Waals surface area contributed by atoms with Gasteiger partial charge in [-0.1, -0.05) is 0 Å². The number of imidazole rings is 1. The summed E-state index contributed by atoms with van der Waals surface area (Å²) in [5, 5.41) is 22.6. The second-order valence-corrected chi connectivity index (χ2v) is 8.91. The average Bonchev–Trinajstić information content (AvgIpc) is 3.44. The van der Waals surface area contributed by atoms with Gasteiger partial charge in [-0.2, -0.15) is 0 Å². The summed E-state index contributed by atoms with van der Waals surface area (Å²) in [4.78, 5) is 37.5. The lowest BCUT2D eigenvalue weighted by molar-refractivity contribution is -0.759. The van der Waals surface area contributed by atoms with Crippen LogP contribution in [-0.4, -0.2) is 71.7 Å². The molecule has 0 aromatic carbocycles. The van der Waals surface area contributed by atoms with Crippen molar-refractivity contribution in [2.45, 2.75) is 55.9 Å². The van der Waals surface area contributed by atoms with Gasteiger partial charge in [0.2, 0.25) is 0 Å². The third-order valence-electron chi connectivity index (χ3n) is 5.52. The maximum absolute atomic E-state index is 12.0. The number of phosphoric acid groups is 1. The smallest absolute Gasteiger partial charge is 0.393 e. The van der Waals surface area contributed by atoms with E-state index in [2.05, 4.69) is 25.1 Å². The van der Waals surface area contributed by atoms with Gasteiger partial charge in [-0.15, -0.1) is 10.1 Å². The van der Waals surface area contributed by atoms with Crippen LogP contribution in [0.25, 0.3) is 11.2 Å². The molecule has 2 saturated heterocycles. The van der Waals surface area contributed by atoms with Crippen molar-refractivity contribution in [1.82, 2.24) is 19.5 Å². The molecule has 3 fully saturated rings. The summed E-state index contributed by atoms with van der Waals surface area (Å²) >= 11 is 0. The normalized spacial score (nSPS) is 37.2. The number of hydrogen-bond donors (Lipinski definition) is 3. The molecule has 3 aliphatic rings. The fourth-order valence-electron chi connectivity index (χ4n) is 4.20. The van der Waals surface area contributed by atoms with Crippen LogP contribution < -0.4 is 5.32 Å². The lowest BCUT2D eigenvalue weighted by Crippen LogP contribution is -2.32. The van der Waals surface area contributed by atoms with Crippen molar-refractivity contribution >= 4 is 24.8 Å². The van der Waals surface area contributed by atoms with Crippen LogP contribution in [0.1, 0.15) is 25.5 Å². The van der Waals surface area contributed by atoms with Crippen LogP contribution in [0, 0.1) is 10.1 Å². The van der Waals surface area contributed by atoms with Gasteiger partial charge in [0.1, 0.15) is 31.2 Å². The molecule has 16 heteroatoms. The molecule has 2 aromatic rings. The molecule has 4 heterocycles. The number of aliphatic hydroxyl groups is 1. The minimum Gasteiger partial charge on any atom is -0.393 e. The molecule has 5 rings (SSSR count). The maximum atomic E-state index is 12.0. The maximum Gasteiger partial charge on any atom is 0.473 e. The number of fused-ring (bicyclic) bond motifs is 2. The van der Waals surface area contributed by atoms with Crippen molar-refractivity contribution < 1.29 is 38.3 Å². The lowest BCUT2D eigenvalue weighted by Gasteiger charge is -2.19. The van der Waals surface area contributed by atoms with E-state index in [-0.39, 0.29) is 12.1 Å². The summed E-state index contributed by atoms with van der Waals surface area (Å²) in [6.45, 7) is -0.507. The largest absolute Gasteiger partial charge is 0.473 e. The first kappa shape index (κ1) is 20.5. The van der Waals surface area contributed by atoms with E-state index in [4.69, 9.17) is 13.8 Å². The van der Waals surface area contributed by atoms with Gasteiger partial charge in [0, 0.05) is 6.04 Å². The minimum atomic E-state index is -4.35. The Labute approximate surface area is 174 Å². The zero-order valence-electron chi connectivity index (χ0n) is 15.9. The number of rotatable bonds is 6. The van der Waals surface area contributed by atoms with Crippen LogP contribution in [0.5, 0.6) is 0 Å². The fourth-order valence-corrected chi connectivity index (χ4v) is 5.34. The van der Waals surface area contributed by atoms with E-state index in [0.717, 1.165) is 6.42 Å². The number of nitrogens with one attached hydrogen (secondary N) is 1. The van der Waals surface area contributed by atoms with E-state index in [1.165, 1.54) is 17.2 Å². The molecule has 1 unspecified atom stereocenters. The summed E-state index contributed by atoms with van der Waals surface area (Å²) in [5.74, 6) is 0.474. The van der Waals surface area contributed by atoms with Crippen LogP contribution in [0.15, 0.2) is 12.7 Å². The molecule has 31 heavy (non-hydrogen) atoms. The van der Waals surface area contributed by atoms with Gasteiger partial charge in [0.05, 0.1) is 12.4 Å². The van der Waals surface area contributed by atoms with E-state index in [1.807, 2.05) is 0 Å². The summed E-state index contributed by atoms with van der Waals surface area (Å²) in [6.07, 6.45) is 0.355. The monoisotopic (exact) mass is 458 g/mol. The highest BCUT2D eigenvalue weighted by Crippen LogP contribution is 2.58. The Hall–Kier alpha value is -2.42. The van der Waals surface area contributed by atoms with E-state index in [0.29, 0.717) is 29.8 Å². The molecular formula is C15H19N6O9P. The first-order chi connectivity index (χ1) is 14.8. The predicted molar refractivity (Wildman–Crippen MR) is 99.0 cm³/mol. The van der Waals surface area contributed by atoms with Crippen molar-refractivity contribution in [1.29, 1.82) is 0 Å². The predicted octanol–water partition coefficient (Wildman–Crippen LogP) is 0.142. The highest BCUT2D eigenvalue weighted by atomic mass is 31.2. The standard InChI is InChI=1S/C15H19N6O9P/c22-8-2-1-7(3-8)19-13-10-14(17-5-16-13)20(6-18-10)15-12-11(29-31(25,26)30-12)9(28-15)4-27-21(23)24/h5-9,11-12,15,22H,1-4H2,(H,25,26)(H,16,17,19)/t7-,8+,9-,11-,12-,15-/m1/s1. The van der Waals surface area contributed by atoms with Crippen LogP contribution in [0.4, 0.5) is 5.82 Å². The number of aromatic nitrogens is 4. The van der Waals surface area contributed by atoms with Crippen molar-refractivity contribution in [3.05, 3.63) is 22.8 Å². The Balaban J connectivity index is 1.44. The number of ether oxygens (including phenoxy) is 1. The molecule has 2 aliphatic heterocycles.